The van der Waals surface area contributed by atoms with Gasteiger partial charge in [0.25, 0.3) is 0 Å². The predicted molar refractivity (Wildman–Crippen MR) is 85.8 cm³/mol. The van der Waals surface area contributed by atoms with E-state index in [-0.39, 0.29) is 11.9 Å². The van der Waals surface area contributed by atoms with Crippen LogP contribution in [-0.2, 0) is 0 Å². The lowest BCUT2D eigenvalue weighted by atomic mass is 9.97. The Bertz CT molecular complexity index is 615. The van der Waals surface area contributed by atoms with Gasteiger partial charge in [-0.15, -0.1) is 0 Å². The molecule has 1 atom stereocenters. The Morgan fingerprint density at radius 1 is 1.25 bits per heavy atom. The Hall–Kier alpha value is -0.900. The highest BCUT2D eigenvalue weighted by Crippen LogP contribution is 2.31. The van der Waals surface area contributed by atoms with Gasteiger partial charge in [-0.05, 0) is 54.4 Å². The van der Waals surface area contributed by atoms with Crippen molar-refractivity contribution in [2.24, 2.45) is 0 Å². The maximum absolute atomic E-state index is 13.5. The molecule has 0 fully saturated rings. The van der Waals surface area contributed by atoms with Gasteiger partial charge in [0.2, 0.25) is 0 Å². The number of benzene rings is 2. The maximum atomic E-state index is 13.5. The van der Waals surface area contributed by atoms with Gasteiger partial charge >= 0.3 is 0 Å². The molecule has 0 heterocycles. The fourth-order valence-corrected chi connectivity index (χ4v) is 2.80. The predicted octanol–water partition coefficient (Wildman–Crippen LogP) is 5.25. The molecular weight excluding hydrogens is 341 g/mol. The molecule has 0 saturated carbocycles. The Morgan fingerprint density at radius 3 is 2.65 bits per heavy atom. The smallest absolute Gasteiger partial charge is 0.123 e. The Balaban J connectivity index is 2.49. The molecule has 1 N–H and O–H groups in total. The first-order valence-electron chi connectivity index (χ1n) is 6.47. The summed E-state index contributed by atoms with van der Waals surface area (Å²) in [5.74, 6) is -0.246. The van der Waals surface area contributed by atoms with E-state index < -0.39 is 0 Å². The van der Waals surface area contributed by atoms with Crippen LogP contribution in [0.15, 0.2) is 40.9 Å². The van der Waals surface area contributed by atoms with Crippen LogP contribution in [0.2, 0.25) is 5.02 Å². The van der Waals surface area contributed by atoms with E-state index in [1.54, 1.807) is 12.1 Å². The van der Waals surface area contributed by atoms with Crippen molar-refractivity contribution in [1.29, 1.82) is 0 Å². The van der Waals surface area contributed by atoms with Gasteiger partial charge in [-0.25, -0.2) is 4.39 Å². The summed E-state index contributed by atoms with van der Waals surface area (Å²) in [5, 5.41) is 4.09. The molecule has 2 aromatic rings. The van der Waals surface area contributed by atoms with E-state index in [9.17, 15) is 4.39 Å². The zero-order valence-corrected chi connectivity index (χ0v) is 13.7. The summed E-state index contributed by atoms with van der Waals surface area (Å²) in [7, 11) is 0. The summed E-state index contributed by atoms with van der Waals surface area (Å²) in [6.07, 6.45) is 0. The Morgan fingerprint density at radius 2 is 2.00 bits per heavy atom. The first-order chi connectivity index (χ1) is 9.52. The van der Waals surface area contributed by atoms with Crippen molar-refractivity contribution in [2.45, 2.75) is 19.9 Å². The molecule has 0 aromatic heterocycles. The van der Waals surface area contributed by atoms with Crippen molar-refractivity contribution in [1.82, 2.24) is 5.32 Å². The Kier molecular flexibility index (Phi) is 5.19. The molecule has 0 bridgehead atoms. The second kappa shape index (κ2) is 6.70. The number of rotatable bonds is 4. The molecule has 0 spiro atoms. The summed E-state index contributed by atoms with van der Waals surface area (Å²) < 4.78 is 14.4. The monoisotopic (exact) mass is 355 g/mol. The normalized spacial score (nSPS) is 12.4. The number of nitrogens with one attached hydrogen (secondary N) is 1. The van der Waals surface area contributed by atoms with E-state index in [2.05, 4.69) is 21.2 Å². The minimum atomic E-state index is -0.246. The van der Waals surface area contributed by atoms with Crippen molar-refractivity contribution in [3.63, 3.8) is 0 Å². The van der Waals surface area contributed by atoms with Crippen LogP contribution >= 0.6 is 27.5 Å². The fourth-order valence-electron chi connectivity index (χ4n) is 2.14. The molecule has 0 radical (unpaired) electrons. The lowest BCUT2D eigenvalue weighted by Gasteiger charge is -2.21. The number of hydrogen-bond acceptors (Lipinski definition) is 1. The van der Waals surface area contributed by atoms with Gasteiger partial charge in [-0.2, -0.15) is 0 Å². The van der Waals surface area contributed by atoms with Gasteiger partial charge in [0.15, 0.2) is 0 Å². The summed E-state index contributed by atoms with van der Waals surface area (Å²) in [5.41, 5.74) is 2.92. The van der Waals surface area contributed by atoms with Crippen LogP contribution in [0.5, 0.6) is 0 Å². The largest absolute Gasteiger partial charge is 0.306 e. The van der Waals surface area contributed by atoms with E-state index in [4.69, 9.17) is 11.6 Å². The summed E-state index contributed by atoms with van der Waals surface area (Å²) in [4.78, 5) is 0. The molecule has 0 aliphatic heterocycles. The molecule has 4 heteroatoms. The summed E-state index contributed by atoms with van der Waals surface area (Å²) >= 11 is 9.69. The first kappa shape index (κ1) is 15.5. The summed E-state index contributed by atoms with van der Waals surface area (Å²) in [6.45, 7) is 4.77. The highest BCUT2D eigenvalue weighted by molar-refractivity contribution is 9.10. The van der Waals surface area contributed by atoms with Crippen molar-refractivity contribution in [3.8, 4) is 0 Å². The molecule has 0 amide bonds. The second-order valence-electron chi connectivity index (χ2n) is 4.67. The van der Waals surface area contributed by atoms with Crippen molar-refractivity contribution >= 4 is 27.5 Å². The van der Waals surface area contributed by atoms with Crippen molar-refractivity contribution in [3.05, 3.63) is 68.4 Å². The van der Waals surface area contributed by atoms with Crippen molar-refractivity contribution in [2.75, 3.05) is 6.54 Å². The van der Waals surface area contributed by atoms with Crippen LogP contribution in [0.1, 0.15) is 29.7 Å². The number of hydrogen-bond donors (Lipinski definition) is 1. The number of aryl methyl sites for hydroxylation is 1. The van der Waals surface area contributed by atoms with Crippen LogP contribution < -0.4 is 5.32 Å². The van der Waals surface area contributed by atoms with Crippen LogP contribution in [0.3, 0.4) is 0 Å². The van der Waals surface area contributed by atoms with E-state index in [0.29, 0.717) is 0 Å². The Labute approximate surface area is 132 Å². The maximum Gasteiger partial charge on any atom is 0.123 e. The molecule has 1 nitrogen and oxygen atoms in total. The second-order valence-corrected chi connectivity index (χ2v) is 5.93. The van der Waals surface area contributed by atoms with Crippen LogP contribution in [0, 0.1) is 12.7 Å². The summed E-state index contributed by atoms with van der Waals surface area (Å²) in [6, 6.07) is 10.6. The zero-order valence-electron chi connectivity index (χ0n) is 11.4. The average molecular weight is 357 g/mol. The van der Waals surface area contributed by atoms with Crippen LogP contribution in [0.4, 0.5) is 4.39 Å². The minimum absolute atomic E-state index is 0.0943. The molecule has 20 heavy (non-hydrogen) atoms. The minimum Gasteiger partial charge on any atom is -0.306 e. The van der Waals surface area contributed by atoms with Crippen LogP contribution in [-0.4, -0.2) is 6.54 Å². The van der Waals surface area contributed by atoms with E-state index in [1.807, 2.05) is 32.0 Å². The quantitative estimate of drug-likeness (QED) is 0.789. The average Bonchev–Trinajstić information content (AvgIpc) is 2.42. The standard InChI is InChI=1S/C16H16BrClFN/c1-3-20-16(11-5-4-10(2)15(18)8-11)13-9-12(19)6-7-14(13)17/h4-9,16,20H,3H2,1-2H3. The van der Waals surface area contributed by atoms with Gasteiger partial charge in [0.1, 0.15) is 5.82 Å². The van der Waals surface area contributed by atoms with Gasteiger partial charge in [0, 0.05) is 9.50 Å². The van der Waals surface area contributed by atoms with E-state index in [1.165, 1.54) is 6.07 Å². The first-order valence-corrected chi connectivity index (χ1v) is 7.64. The van der Waals surface area contributed by atoms with Gasteiger partial charge in [0.05, 0.1) is 6.04 Å². The number of halogens is 3. The third kappa shape index (κ3) is 3.40. The molecule has 1 unspecified atom stereocenters. The van der Waals surface area contributed by atoms with E-state index >= 15 is 0 Å². The molecule has 0 aliphatic rings. The lowest BCUT2D eigenvalue weighted by molar-refractivity contribution is 0.601. The van der Waals surface area contributed by atoms with Gasteiger partial charge in [-0.1, -0.05) is 46.6 Å². The van der Waals surface area contributed by atoms with Gasteiger partial charge in [-0.3, -0.25) is 0 Å². The van der Waals surface area contributed by atoms with E-state index in [0.717, 1.165) is 32.7 Å². The molecule has 106 valence electrons. The topological polar surface area (TPSA) is 12.0 Å². The fraction of sp³-hybridized carbons (Fsp3) is 0.250. The molecular formula is C16H16BrClFN. The molecule has 0 aliphatic carbocycles. The van der Waals surface area contributed by atoms with Gasteiger partial charge < -0.3 is 5.32 Å². The third-order valence-electron chi connectivity index (χ3n) is 3.21. The molecule has 2 aromatic carbocycles. The zero-order chi connectivity index (χ0) is 14.7. The van der Waals surface area contributed by atoms with Crippen molar-refractivity contribution < 1.29 is 4.39 Å². The third-order valence-corrected chi connectivity index (χ3v) is 4.34. The molecule has 2 rings (SSSR count). The highest BCUT2D eigenvalue weighted by atomic mass is 79.9. The van der Waals surface area contributed by atoms with Crippen LogP contribution in [0.25, 0.3) is 0 Å². The highest BCUT2D eigenvalue weighted by Gasteiger charge is 2.17. The lowest BCUT2D eigenvalue weighted by Crippen LogP contribution is -2.22. The SMILES string of the molecule is CCNC(c1ccc(C)c(Cl)c1)c1cc(F)ccc1Br. The molecule has 0 saturated heterocycles.